The molecule has 0 bridgehead atoms. The highest BCUT2D eigenvalue weighted by atomic mass is 35.5. The molecule has 1 N–H and O–H groups in total. The topological polar surface area (TPSA) is 105 Å². The minimum atomic E-state index is -4.70. The number of carboxylic acid groups (broad SMARTS) is 1. The van der Waals surface area contributed by atoms with E-state index in [1.807, 2.05) is 0 Å². The highest BCUT2D eigenvalue weighted by Crippen LogP contribution is 2.29. The van der Waals surface area contributed by atoms with Gasteiger partial charge in [0.2, 0.25) is 5.91 Å². The molecule has 1 atom stereocenters. The molecule has 0 saturated carbocycles. The summed E-state index contributed by atoms with van der Waals surface area (Å²) in [6.45, 7) is -0.0917. The predicted octanol–water partition coefficient (Wildman–Crippen LogP) is 1.09. The summed E-state index contributed by atoms with van der Waals surface area (Å²) in [5, 5.41) is 9.06. The summed E-state index contributed by atoms with van der Waals surface area (Å²) in [5.74, 6) is -3.30. The standard InChI is InChI=1S/C11H10ClFN2O5S/c12-9-2-7(11(17)18)8(3-14-9)15-4-6(1-10(15)16)5-21(13,19)20/h2-3,6H,1,4-5H2,(H,17,18). The lowest BCUT2D eigenvalue weighted by Crippen LogP contribution is -2.27. The van der Waals surface area contributed by atoms with Gasteiger partial charge in [-0.2, -0.15) is 8.42 Å². The average molecular weight is 337 g/mol. The summed E-state index contributed by atoms with van der Waals surface area (Å²) in [7, 11) is -4.70. The summed E-state index contributed by atoms with van der Waals surface area (Å²) in [4.78, 5) is 27.9. The Balaban J connectivity index is 2.31. The van der Waals surface area contributed by atoms with Crippen LogP contribution in [0.3, 0.4) is 0 Å². The third kappa shape index (κ3) is 3.67. The fourth-order valence-corrected chi connectivity index (χ4v) is 3.16. The van der Waals surface area contributed by atoms with Crippen molar-refractivity contribution in [2.45, 2.75) is 6.42 Å². The molecule has 1 aliphatic rings. The lowest BCUT2D eigenvalue weighted by atomic mass is 10.1. The van der Waals surface area contributed by atoms with Crippen molar-refractivity contribution in [3.63, 3.8) is 0 Å². The second-order valence-corrected chi connectivity index (χ2v) is 6.41. The maximum absolute atomic E-state index is 12.7. The van der Waals surface area contributed by atoms with Gasteiger partial charge in [0.15, 0.2) is 0 Å². The first-order chi connectivity index (χ1) is 9.67. The summed E-state index contributed by atoms with van der Waals surface area (Å²) in [6.07, 6.45) is 0.945. The number of pyridine rings is 1. The molecule has 1 aromatic heterocycles. The average Bonchev–Trinajstić information content (AvgIpc) is 2.67. The van der Waals surface area contributed by atoms with E-state index in [1.165, 1.54) is 0 Å². The lowest BCUT2D eigenvalue weighted by Gasteiger charge is -2.18. The van der Waals surface area contributed by atoms with Gasteiger partial charge in [0.05, 0.1) is 23.2 Å². The molecule has 1 fully saturated rings. The fourth-order valence-electron chi connectivity index (χ4n) is 2.22. The zero-order chi connectivity index (χ0) is 15.8. The Labute approximate surface area is 124 Å². The van der Waals surface area contributed by atoms with Gasteiger partial charge >= 0.3 is 16.2 Å². The zero-order valence-corrected chi connectivity index (χ0v) is 12.1. The Morgan fingerprint density at radius 1 is 1.57 bits per heavy atom. The number of nitrogens with zero attached hydrogens (tertiary/aromatic N) is 2. The minimum absolute atomic E-state index is 0.00987. The molecule has 0 aromatic carbocycles. The van der Waals surface area contributed by atoms with E-state index in [2.05, 4.69) is 4.98 Å². The van der Waals surface area contributed by atoms with Crippen molar-refractivity contribution < 1.29 is 27.0 Å². The van der Waals surface area contributed by atoms with Crippen LogP contribution in [0.1, 0.15) is 16.8 Å². The molecule has 0 radical (unpaired) electrons. The van der Waals surface area contributed by atoms with Crippen molar-refractivity contribution in [2.24, 2.45) is 5.92 Å². The van der Waals surface area contributed by atoms with Gasteiger partial charge in [-0.1, -0.05) is 11.6 Å². The molecule has 2 heterocycles. The van der Waals surface area contributed by atoms with Gasteiger partial charge in [-0.3, -0.25) is 4.79 Å². The Kier molecular flexibility index (Phi) is 4.15. The van der Waals surface area contributed by atoms with Crippen molar-refractivity contribution in [3.8, 4) is 0 Å². The molecule has 1 aliphatic heterocycles. The van der Waals surface area contributed by atoms with Crippen LogP contribution in [0, 0.1) is 5.92 Å². The molecule has 114 valence electrons. The summed E-state index contributed by atoms with van der Waals surface area (Å²) >= 11 is 5.61. The molecule has 1 aromatic rings. The molecule has 10 heteroatoms. The molecule has 7 nitrogen and oxygen atoms in total. The first-order valence-corrected chi connectivity index (χ1v) is 7.72. The Morgan fingerprint density at radius 3 is 2.81 bits per heavy atom. The van der Waals surface area contributed by atoms with Gasteiger partial charge in [0.25, 0.3) is 0 Å². The van der Waals surface area contributed by atoms with Crippen LogP contribution >= 0.6 is 11.6 Å². The summed E-state index contributed by atoms with van der Waals surface area (Å²) < 4.78 is 33.9. The van der Waals surface area contributed by atoms with E-state index in [0.29, 0.717) is 0 Å². The molecular weight excluding hydrogens is 327 g/mol. The number of carboxylic acids is 1. The molecule has 0 spiro atoms. The molecule has 0 aliphatic carbocycles. The second-order valence-electron chi connectivity index (χ2n) is 4.61. The number of rotatable bonds is 4. The van der Waals surface area contributed by atoms with Gasteiger partial charge in [0, 0.05) is 18.9 Å². The number of halogens is 2. The minimum Gasteiger partial charge on any atom is -0.478 e. The largest absolute Gasteiger partial charge is 0.478 e. The molecule has 2 rings (SSSR count). The van der Waals surface area contributed by atoms with Gasteiger partial charge in [-0.25, -0.2) is 9.78 Å². The van der Waals surface area contributed by atoms with Crippen LogP contribution < -0.4 is 4.90 Å². The number of anilines is 1. The first kappa shape index (κ1) is 15.6. The van der Waals surface area contributed by atoms with Crippen molar-refractivity contribution in [1.82, 2.24) is 4.98 Å². The molecule has 21 heavy (non-hydrogen) atoms. The first-order valence-electron chi connectivity index (χ1n) is 5.79. The number of hydrogen-bond donors (Lipinski definition) is 1. The smallest absolute Gasteiger partial charge is 0.337 e. The maximum atomic E-state index is 12.7. The van der Waals surface area contributed by atoms with Crippen LogP contribution in [-0.2, 0) is 15.0 Å². The highest BCUT2D eigenvalue weighted by molar-refractivity contribution is 7.86. The van der Waals surface area contributed by atoms with Crippen molar-refractivity contribution in [3.05, 3.63) is 23.0 Å². The Bertz CT molecular complexity index is 709. The Hall–Kier alpha value is -1.74. The summed E-state index contributed by atoms with van der Waals surface area (Å²) in [6, 6.07) is 1.09. The van der Waals surface area contributed by atoms with E-state index in [9.17, 15) is 21.9 Å². The zero-order valence-electron chi connectivity index (χ0n) is 10.5. The molecule has 1 unspecified atom stereocenters. The lowest BCUT2D eigenvalue weighted by molar-refractivity contribution is -0.117. The van der Waals surface area contributed by atoms with Gasteiger partial charge < -0.3 is 10.0 Å². The third-order valence-corrected chi connectivity index (χ3v) is 4.09. The number of amides is 1. The van der Waals surface area contributed by atoms with Crippen LogP contribution in [0.4, 0.5) is 9.57 Å². The van der Waals surface area contributed by atoms with E-state index in [0.717, 1.165) is 17.2 Å². The number of carbonyl (C=O) groups excluding carboxylic acids is 1. The van der Waals surface area contributed by atoms with Crippen LogP contribution in [0.2, 0.25) is 5.15 Å². The van der Waals surface area contributed by atoms with E-state index < -0.39 is 33.8 Å². The fraction of sp³-hybridized carbons (Fsp3) is 0.364. The van der Waals surface area contributed by atoms with Gasteiger partial charge in [0.1, 0.15) is 5.15 Å². The monoisotopic (exact) mass is 336 g/mol. The SMILES string of the molecule is O=C(O)c1cc(Cl)ncc1N1CC(CS(=O)(=O)F)CC1=O. The quantitative estimate of drug-likeness (QED) is 0.651. The highest BCUT2D eigenvalue weighted by Gasteiger charge is 2.35. The van der Waals surface area contributed by atoms with Crippen LogP contribution in [0.5, 0.6) is 0 Å². The maximum Gasteiger partial charge on any atom is 0.337 e. The third-order valence-electron chi connectivity index (χ3n) is 3.01. The van der Waals surface area contributed by atoms with Crippen molar-refractivity contribution in [1.29, 1.82) is 0 Å². The van der Waals surface area contributed by atoms with Crippen molar-refractivity contribution >= 4 is 39.4 Å². The van der Waals surface area contributed by atoms with E-state index >= 15 is 0 Å². The Morgan fingerprint density at radius 2 is 2.24 bits per heavy atom. The molecule has 1 saturated heterocycles. The number of hydrogen-bond acceptors (Lipinski definition) is 5. The second kappa shape index (κ2) is 5.57. The van der Waals surface area contributed by atoms with E-state index in [-0.39, 0.29) is 29.4 Å². The number of aromatic nitrogens is 1. The predicted molar refractivity (Wildman–Crippen MR) is 71.6 cm³/mol. The van der Waals surface area contributed by atoms with Crippen LogP contribution in [0.15, 0.2) is 12.3 Å². The molecule has 1 amide bonds. The van der Waals surface area contributed by atoms with Gasteiger partial charge in [-0.05, 0) is 6.07 Å². The van der Waals surface area contributed by atoms with E-state index in [4.69, 9.17) is 16.7 Å². The van der Waals surface area contributed by atoms with Crippen molar-refractivity contribution in [2.75, 3.05) is 17.2 Å². The number of aromatic carboxylic acids is 1. The normalized spacial score (nSPS) is 19.0. The number of carbonyl (C=O) groups is 2. The van der Waals surface area contributed by atoms with Crippen LogP contribution in [-0.4, -0.2) is 42.7 Å². The van der Waals surface area contributed by atoms with Crippen LogP contribution in [0.25, 0.3) is 0 Å². The van der Waals surface area contributed by atoms with Gasteiger partial charge in [-0.15, -0.1) is 3.89 Å². The molecular formula is C11H10ClFN2O5S. The summed E-state index contributed by atoms with van der Waals surface area (Å²) in [5.41, 5.74) is -0.220. The van der Waals surface area contributed by atoms with E-state index in [1.54, 1.807) is 0 Å².